The van der Waals surface area contributed by atoms with Crippen LogP contribution in [-0.4, -0.2) is 58.9 Å². The summed E-state index contributed by atoms with van der Waals surface area (Å²) in [5.41, 5.74) is 1.79. The standard InChI is InChI=1S/C27H31N5O4/c1-3-17(36-18-10-16-11-29-31-25(16)28-12-18)8-9-27(2)21-6-4-5-7-22(21)32(26(27)34)13-23(33)30-24-19-14-35-15-20(19)24/h4-7,10-12,17,19-20,24H,3,8-9,13-15H2,1-2H3,(H,30,33)(H,28,29,31)/t17?,19?,20?,24?,27-/m0/s1. The summed E-state index contributed by atoms with van der Waals surface area (Å²) in [5.74, 6) is 1.40. The largest absolute Gasteiger partial charge is 0.489 e. The molecule has 9 nitrogen and oxygen atoms in total. The molecule has 4 heterocycles. The maximum Gasteiger partial charge on any atom is 0.240 e. The monoisotopic (exact) mass is 489 g/mol. The molecule has 2 N–H and O–H groups in total. The molecule has 1 saturated carbocycles. The van der Waals surface area contributed by atoms with Crippen LogP contribution in [0.25, 0.3) is 11.0 Å². The molecule has 188 valence electrons. The topological polar surface area (TPSA) is 109 Å². The predicted molar refractivity (Wildman–Crippen MR) is 134 cm³/mol. The predicted octanol–water partition coefficient (Wildman–Crippen LogP) is 2.96. The fraction of sp³-hybridized carbons (Fsp3) is 0.481. The number of fused-ring (bicyclic) bond motifs is 3. The number of aromatic amines is 1. The van der Waals surface area contributed by atoms with Crippen LogP contribution in [0.5, 0.6) is 5.75 Å². The van der Waals surface area contributed by atoms with Crippen LogP contribution in [0.3, 0.4) is 0 Å². The van der Waals surface area contributed by atoms with Gasteiger partial charge in [0, 0.05) is 29.0 Å². The average molecular weight is 490 g/mol. The fourth-order valence-electron chi connectivity index (χ4n) is 5.79. The second-order valence-electron chi connectivity index (χ2n) is 10.4. The second-order valence-corrected chi connectivity index (χ2v) is 10.4. The molecule has 3 aliphatic rings. The van der Waals surface area contributed by atoms with Crippen LogP contribution >= 0.6 is 0 Å². The van der Waals surface area contributed by atoms with Gasteiger partial charge in [0.25, 0.3) is 0 Å². The molecule has 9 heteroatoms. The molecule has 0 spiro atoms. The van der Waals surface area contributed by atoms with Gasteiger partial charge in [-0.05, 0) is 43.9 Å². The van der Waals surface area contributed by atoms with Crippen molar-refractivity contribution < 1.29 is 19.1 Å². The van der Waals surface area contributed by atoms with Crippen molar-refractivity contribution in [1.82, 2.24) is 20.5 Å². The number of aromatic nitrogens is 3. The number of H-pyrrole nitrogens is 1. The maximum absolute atomic E-state index is 13.8. The first kappa shape index (κ1) is 23.0. The summed E-state index contributed by atoms with van der Waals surface area (Å²) >= 11 is 0. The Kier molecular flexibility index (Phi) is 5.67. The Morgan fingerprint density at radius 3 is 2.92 bits per heavy atom. The Balaban J connectivity index is 1.14. The summed E-state index contributed by atoms with van der Waals surface area (Å²) in [7, 11) is 0. The summed E-state index contributed by atoms with van der Waals surface area (Å²) < 4.78 is 11.7. The van der Waals surface area contributed by atoms with Gasteiger partial charge in [0.15, 0.2) is 5.65 Å². The molecule has 6 rings (SSSR count). The zero-order valence-corrected chi connectivity index (χ0v) is 20.6. The Morgan fingerprint density at radius 1 is 1.31 bits per heavy atom. The first-order chi connectivity index (χ1) is 17.5. The molecule has 2 aromatic heterocycles. The highest BCUT2D eigenvalue weighted by Gasteiger charge is 2.55. The number of hydrogen-bond donors (Lipinski definition) is 2. The number of pyridine rings is 1. The minimum Gasteiger partial charge on any atom is -0.489 e. The van der Waals surface area contributed by atoms with Gasteiger partial charge in [0.05, 0.1) is 37.1 Å². The number of para-hydroxylation sites is 1. The van der Waals surface area contributed by atoms with E-state index in [0.717, 1.165) is 28.7 Å². The number of nitrogens with zero attached hydrogens (tertiary/aromatic N) is 3. The molecule has 0 radical (unpaired) electrons. The molecule has 3 unspecified atom stereocenters. The van der Waals surface area contributed by atoms with E-state index in [0.29, 0.717) is 43.6 Å². The molecule has 2 aliphatic heterocycles. The molecule has 1 aromatic carbocycles. The Morgan fingerprint density at radius 2 is 2.11 bits per heavy atom. The van der Waals surface area contributed by atoms with Gasteiger partial charge in [-0.25, -0.2) is 4.98 Å². The van der Waals surface area contributed by atoms with E-state index in [-0.39, 0.29) is 30.5 Å². The molecule has 4 atom stereocenters. The van der Waals surface area contributed by atoms with Crippen molar-refractivity contribution in [1.29, 1.82) is 0 Å². The third kappa shape index (κ3) is 3.91. The zero-order valence-electron chi connectivity index (χ0n) is 20.6. The molecule has 1 saturated heterocycles. The van der Waals surface area contributed by atoms with Crippen molar-refractivity contribution in [3.63, 3.8) is 0 Å². The molecule has 36 heavy (non-hydrogen) atoms. The lowest BCUT2D eigenvalue weighted by atomic mass is 9.79. The van der Waals surface area contributed by atoms with Gasteiger partial charge in [0.1, 0.15) is 12.3 Å². The van der Waals surface area contributed by atoms with E-state index in [9.17, 15) is 9.59 Å². The number of rotatable bonds is 9. The van der Waals surface area contributed by atoms with E-state index in [4.69, 9.17) is 9.47 Å². The quantitative estimate of drug-likeness (QED) is 0.478. The van der Waals surface area contributed by atoms with Gasteiger partial charge in [0.2, 0.25) is 11.8 Å². The van der Waals surface area contributed by atoms with Crippen LogP contribution in [0.15, 0.2) is 42.7 Å². The number of carbonyl (C=O) groups excluding carboxylic acids is 2. The van der Waals surface area contributed by atoms with Crippen LogP contribution in [-0.2, 0) is 19.7 Å². The number of carbonyl (C=O) groups is 2. The summed E-state index contributed by atoms with van der Waals surface area (Å²) in [4.78, 5) is 32.6. The van der Waals surface area contributed by atoms with Crippen molar-refractivity contribution in [2.75, 3.05) is 24.7 Å². The minimum atomic E-state index is -0.718. The molecular weight excluding hydrogens is 458 g/mol. The van der Waals surface area contributed by atoms with Gasteiger partial charge in [-0.15, -0.1) is 0 Å². The number of nitrogens with one attached hydrogen (secondary N) is 2. The highest BCUT2D eigenvalue weighted by atomic mass is 16.5. The third-order valence-electron chi connectivity index (χ3n) is 8.08. The van der Waals surface area contributed by atoms with E-state index in [2.05, 4.69) is 27.4 Å². The lowest BCUT2D eigenvalue weighted by Gasteiger charge is -2.27. The lowest BCUT2D eigenvalue weighted by molar-refractivity contribution is -0.126. The van der Waals surface area contributed by atoms with E-state index in [1.165, 1.54) is 0 Å². The van der Waals surface area contributed by atoms with Crippen LogP contribution < -0.4 is 15.0 Å². The van der Waals surface area contributed by atoms with Gasteiger partial charge in [-0.1, -0.05) is 25.1 Å². The number of anilines is 1. The first-order valence-corrected chi connectivity index (χ1v) is 12.7. The number of amides is 2. The molecule has 3 aromatic rings. The number of hydrogen-bond acceptors (Lipinski definition) is 6. The van der Waals surface area contributed by atoms with Gasteiger partial charge >= 0.3 is 0 Å². The van der Waals surface area contributed by atoms with E-state index in [1.54, 1.807) is 17.3 Å². The minimum absolute atomic E-state index is 0.0329. The van der Waals surface area contributed by atoms with Gasteiger partial charge in [-0.3, -0.25) is 14.7 Å². The van der Waals surface area contributed by atoms with Crippen LogP contribution in [0.1, 0.15) is 38.7 Å². The maximum atomic E-state index is 13.8. The van der Waals surface area contributed by atoms with Crippen molar-refractivity contribution >= 4 is 28.5 Å². The number of ether oxygens (including phenoxy) is 2. The molecule has 2 amide bonds. The Hall–Kier alpha value is -3.46. The first-order valence-electron chi connectivity index (χ1n) is 12.7. The molecular formula is C27H31N5O4. The highest BCUT2D eigenvalue weighted by molar-refractivity contribution is 6.10. The second kappa shape index (κ2) is 8.89. The smallest absolute Gasteiger partial charge is 0.240 e. The molecule has 2 fully saturated rings. The fourth-order valence-corrected chi connectivity index (χ4v) is 5.79. The van der Waals surface area contributed by atoms with Gasteiger partial charge < -0.3 is 19.7 Å². The van der Waals surface area contributed by atoms with E-state index in [1.807, 2.05) is 37.3 Å². The summed E-state index contributed by atoms with van der Waals surface area (Å²) in [5, 5.41) is 10.9. The third-order valence-corrected chi connectivity index (χ3v) is 8.08. The van der Waals surface area contributed by atoms with Crippen molar-refractivity contribution in [2.24, 2.45) is 11.8 Å². The van der Waals surface area contributed by atoms with E-state index < -0.39 is 5.41 Å². The summed E-state index contributed by atoms with van der Waals surface area (Å²) in [6, 6.07) is 9.93. The normalized spacial score (nSPS) is 27.1. The summed E-state index contributed by atoms with van der Waals surface area (Å²) in [6.07, 6.45) is 5.46. The van der Waals surface area contributed by atoms with Crippen LogP contribution in [0, 0.1) is 11.8 Å². The van der Waals surface area contributed by atoms with E-state index >= 15 is 0 Å². The zero-order chi connectivity index (χ0) is 24.9. The van der Waals surface area contributed by atoms with Crippen LogP contribution in [0.4, 0.5) is 5.69 Å². The Labute approximate surface area is 209 Å². The van der Waals surface area contributed by atoms with Crippen molar-refractivity contribution in [3.8, 4) is 5.75 Å². The highest BCUT2D eigenvalue weighted by Crippen LogP contribution is 2.46. The summed E-state index contributed by atoms with van der Waals surface area (Å²) in [6.45, 7) is 5.53. The van der Waals surface area contributed by atoms with Crippen molar-refractivity contribution in [2.45, 2.75) is 50.7 Å². The lowest BCUT2D eigenvalue weighted by Crippen LogP contribution is -2.45. The molecule has 1 aliphatic carbocycles. The van der Waals surface area contributed by atoms with Crippen LogP contribution in [0.2, 0.25) is 0 Å². The van der Waals surface area contributed by atoms with Gasteiger partial charge in [-0.2, -0.15) is 5.10 Å². The Bertz CT molecular complexity index is 1300. The average Bonchev–Trinajstić information content (AvgIpc) is 3.28. The molecule has 0 bridgehead atoms. The van der Waals surface area contributed by atoms with Crippen molar-refractivity contribution in [3.05, 3.63) is 48.3 Å². The SMILES string of the molecule is CCC(CC[C@]1(C)C(=O)N(CC(=O)NC2C3COCC32)c2ccccc21)Oc1cnc2[nH]ncc2c1. The number of benzene rings is 1.